The highest BCUT2D eigenvalue weighted by Crippen LogP contribution is 2.22. The fourth-order valence-corrected chi connectivity index (χ4v) is 2.95. The second-order valence-corrected chi connectivity index (χ2v) is 5.94. The van der Waals surface area contributed by atoms with Crippen molar-refractivity contribution in [3.63, 3.8) is 0 Å². The lowest BCUT2D eigenvalue weighted by atomic mass is 10.0. The Labute approximate surface area is 110 Å². The molecule has 1 aliphatic carbocycles. The maximum Gasteiger partial charge on any atom is 0.0237 e. The summed E-state index contributed by atoms with van der Waals surface area (Å²) in [6, 6.07) is 10.4. The normalized spacial score (nSPS) is 25.3. The molecule has 1 saturated carbocycles. The topological polar surface area (TPSA) is 15.3 Å². The molecule has 1 unspecified atom stereocenters. The average Bonchev–Trinajstić information content (AvgIpc) is 3.17. The molecule has 1 aliphatic heterocycles. The molecule has 1 heterocycles. The minimum atomic E-state index is 0.732. The van der Waals surface area contributed by atoms with Gasteiger partial charge < -0.3 is 5.32 Å². The summed E-state index contributed by atoms with van der Waals surface area (Å²) < 4.78 is 0. The second kappa shape index (κ2) is 5.41. The van der Waals surface area contributed by atoms with E-state index in [4.69, 9.17) is 0 Å². The Kier molecular flexibility index (Phi) is 3.67. The van der Waals surface area contributed by atoms with E-state index in [9.17, 15) is 0 Å². The third-order valence-electron chi connectivity index (χ3n) is 4.21. The zero-order valence-corrected chi connectivity index (χ0v) is 11.4. The summed E-state index contributed by atoms with van der Waals surface area (Å²) in [5.41, 5.74) is 2.92. The highest BCUT2D eigenvalue weighted by molar-refractivity contribution is 5.25. The number of hydrogen-bond acceptors (Lipinski definition) is 2. The van der Waals surface area contributed by atoms with E-state index in [1.54, 1.807) is 0 Å². The number of nitrogens with one attached hydrogen (secondary N) is 1. The number of hydrogen-bond donors (Lipinski definition) is 1. The van der Waals surface area contributed by atoms with Crippen LogP contribution in [0.3, 0.4) is 0 Å². The number of aryl methyl sites for hydroxylation is 1. The smallest absolute Gasteiger partial charge is 0.0237 e. The number of piperidine rings is 1. The van der Waals surface area contributed by atoms with Gasteiger partial charge >= 0.3 is 0 Å². The summed E-state index contributed by atoms with van der Waals surface area (Å²) in [7, 11) is 0. The van der Waals surface area contributed by atoms with E-state index >= 15 is 0 Å². The van der Waals surface area contributed by atoms with Crippen molar-refractivity contribution >= 4 is 0 Å². The van der Waals surface area contributed by atoms with Crippen molar-refractivity contribution < 1.29 is 0 Å². The molecule has 1 aromatic carbocycles. The van der Waals surface area contributed by atoms with E-state index in [1.807, 2.05) is 0 Å². The summed E-state index contributed by atoms with van der Waals surface area (Å²) >= 11 is 0. The van der Waals surface area contributed by atoms with Gasteiger partial charge in [0.1, 0.15) is 0 Å². The number of rotatable bonds is 4. The van der Waals surface area contributed by atoms with Crippen molar-refractivity contribution in [1.82, 2.24) is 10.2 Å². The van der Waals surface area contributed by atoms with Crippen LogP contribution in [-0.2, 0) is 6.54 Å². The van der Waals surface area contributed by atoms with Gasteiger partial charge in [-0.25, -0.2) is 0 Å². The molecule has 18 heavy (non-hydrogen) atoms. The van der Waals surface area contributed by atoms with Gasteiger partial charge in [0.15, 0.2) is 0 Å². The van der Waals surface area contributed by atoms with Crippen LogP contribution in [0, 0.1) is 6.92 Å². The average molecular weight is 244 g/mol. The Bertz CT molecular complexity index is 398. The van der Waals surface area contributed by atoms with Crippen molar-refractivity contribution in [2.24, 2.45) is 0 Å². The molecule has 2 heteroatoms. The van der Waals surface area contributed by atoms with E-state index < -0.39 is 0 Å². The van der Waals surface area contributed by atoms with Crippen LogP contribution >= 0.6 is 0 Å². The van der Waals surface area contributed by atoms with Crippen LogP contribution in [0.25, 0.3) is 0 Å². The summed E-state index contributed by atoms with van der Waals surface area (Å²) in [5.74, 6) is 0. The van der Waals surface area contributed by atoms with Crippen molar-refractivity contribution in [1.29, 1.82) is 0 Å². The first-order valence-corrected chi connectivity index (χ1v) is 7.34. The molecule has 3 rings (SSSR count). The van der Waals surface area contributed by atoms with Crippen LogP contribution in [0.4, 0.5) is 0 Å². The lowest BCUT2D eigenvalue weighted by Crippen LogP contribution is -2.46. The number of nitrogens with zero attached hydrogens (tertiary/aromatic N) is 1. The molecule has 0 spiro atoms. The number of benzene rings is 1. The Hall–Kier alpha value is -0.860. The third-order valence-corrected chi connectivity index (χ3v) is 4.21. The molecule has 2 aliphatic rings. The molecule has 98 valence electrons. The van der Waals surface area contributed by atoms with Gasteiger partial charge in [-0.3, -0.25) is 4.90 Å². The Balaban J connectivity index is 1.57. The molecule has 0 bridgehead atoms. The maximum absolute atomic E-state index is 3.78. The highest BCUT2D eigenvalue weighted by atomic mass is 15.2. The minimum Gasteiger partial charge on any atom is -0.310 e. The second-order valence-electron chi connectivity index (χ2n) is 5.94. The first kappa shape index (κ1) is 12.2. The number of likely N-dealkylation sites (tertiary alicyclic amines) is 1. The highest BCUT2D eigenvalue weighted by Gasteiger charge is 2.27. The SMILES string of the molecule is Cc1ccccc1CN1CCCC(NC2CC2)C1. The summed E-state index contributed by atoms with van der Waals surface area (Å²) in [6.07, 6.45) is 5.50. The zero-order chi connectivity index (χ0) is 12.4. The van der Waals surface area contributed by atoms with Crippen molar-refractivity contribution in [2.75, 3.05) is 13.1 Å². The van der Waals surface area contributed by atoms with Crippen LogP contribution in [0.2, 0.25) is 0 Å². The van der Waals surface area contributed by atoms with E-state index in [-0.39, 0.29) is 0 Å². The van der Waals surface area contributed by atoms with Gasteiger partial charge in [-0.05, 0) is 50.3 Å². The van der Waals surface area contributed by atoms with Gasteiger partial charge in [-0.2, -0.15) is 0 Å². The van der Waals surface area contributed by atoms with Crippen molar-refractivity contribution in [3.8, 4) is 0 Å². The minimum absolute atomic E-state index is 0.732. The molecule has 1 N–H and O–H groups in total. The third kappa shape index (κ3) is 3.12. The molecular weight excluding hydrogens is 220 g/mol. The Morgan fingerprint density at radius 3 is 2.78 bits per heavy atom. The molecule has 1 aromatic rings. The molecule has 1 atom stereocenters. The molecule has 2 fully saturated rings. The first-order valence-electron chi connectivity index (χ1n) is 7.34. The van der Waals surface area contributed by atoms with Gasteiger partial charge in [0.2, 0.25) is 0 Å². The predicted octanol–water partition coefficient (Wildman–Crippen LogP) is 2.71. The maximum atomic E-state index is 3.78. The van der Waals surface area contributed by atoms with Gasteiger partial charge in [0.05, 0.1) is 0 Å². The van der Waals surface area contributed by atoms with Crippen LogP contribution in [0.1, 0.15) is 36.8 Å². The van der Waals surface area contributed by atoms with Crippen LogP contribution < -0.4 is 5.32 Å². The molecule has 0 radical (unpaired) electrons. The van der Waals surface area contributed by atoms with E-state index in [2.05, 4.69) is 41.4 Å². The quantitative estimate of drug-likeness (QED) is 0.876. The molecule has 0 aromatic heterocycles. The largest absolute Gasteiger partial charge is 0.310 e. The first-order chi connectivity index (χ1) is 8.81. The van der Waals surface area contributed by atoms with E-state index in [1.165, 1.54) is 49.9 Å². The molecule has 0 amide bonds. The fraction of sp³-hybridized carbons (Fsp3) is 0.625. The van der Waals surface area contributed by atoms with Gasteiger partial charge in [-0.15, -0.1) is 0 Å². The monoisotopic (exact) mass is 244 g/mol. The standard InChI is InChI=1S/C16H24N2/c1-13-5-2-3-6-14(13)11-18-10-4-7-16(12-18)17-15-8-9-15/h2-3,5-6,15-17H,4,7-12H2,1H3. The van der Waals surface area contributed by atoms with Gasteiger partial charge in [-0.1, -0.05) is 24.3 Å². The lowest BCUT2D eigenvalue weighted by molar-refractivity contribution is 0.182. The predicted molar refractivity (Wildman–Crippen MR) is 75.6 cm³/mol. The molecule has 1 saturated heterocycles. The van der Waals surface area contributed by atoms with Crippen LogP contribution in [-0.4, -0.2) is 30.1 Å². The lowest BCUT2D eigenvalue weighted by Gasteiger charge is -2.33. The van der Waals surface area contributed by atoms with E-state index in [0.717, 1.165) is 18.6 Å². The van der Waals surface area contributed by atoms with Gasteiger partial charge in [0, 0.05) is 25.2 Å². The van der Waals surface area contributed by atoms with E-state index in [0.29, 0.717) is 0 Å². The van der Waals surface area contributed by atoms with Crippen LogP contribution in [0.5, 0.6) is 0 Å². The Morgan fingerprint density at radius 2 is 2.00 bits per heavy atom. The van der Waals surface area contributed by atoms with Crippen molar-refractivity contribution in [2.45, 2.75) is 51.2 Å². The molecule has 2 nitrogen and oxygen atoms in total. The molecular formula is C16H24N2. The fourth-order valence-electron chi connectivity index (χ4n) is 2.95. The van der Waals surface area contributed by atoms with Crippen LogP contribution in [0.15, 0.2) is 24.3 Å². The van der Waals surface area contributed by atoms with Gasteiger partial charge in [0.25, 0.3) is 0 Å². The summed E-state index contributed by atoms with van der Waals surface area (Å²) in [6.45, 7) is 5.83. The summed E-state index contributed by atoms with van der Waals surface area (Å²) in [5, 5.41) is 3.78. The summed E-state index contributed by atoms with van der Waals surface area (Å²) in [4.78, 5) is 2.62. The Morgan fingerprint density at radius 1 is 1.17 bits per heavy atom. The van der Waals surface area contributed by atoms with Crippen molar-refractivity contribution in [3.05, 3.63) is 35.4 Å². The zero-order valence-electron chi connectivity index (χ0n) is 11.4.